The number of nitrogens with one attached hydrogen (secondary N) is 2. The quantitative estimate of drug-likeness (QED) is 0.419. The molecule has 0 bridgehead atoms. The number of aliphatic hydroxyl groups excluding tert-OH is 1. The molecular weight excluding hydrogens is 468 g/mol. The minimum absolute atomic E-state index is 0.199. The Morgan fingerprint density at radius 1 is 1.11 bits per heavy atom. The molecule has 0 saturated carbocycles. The van der Waals surface area contributed by atoms with E-state index in [0.29, 0.717) is 35.5 Å². The lowest BCUT2D eigenvalue weighted by Gasteiger charge is -2.15. The number of carbonyl (C=O) groups excluding carboxylic acids is 2. The second kappa shape index (κ2) is 11.3. The Labute approximate surface area is 207 Å². The van der Waals surface area contributed by atoms with Crippen molar-refractivity contribution >= 4 is 17.7 Å². The Hall–Kier alpha value is -3.82. The molecule has 1 unspecified atom stereocenters. The molecular formula is C27H27F2N3O4. The number of halogens is 2. The molecule has 4 rings (SSSR count). The van der Waals surface area contributed by atoms with Gasteiger partial charge in [-0.1, -0.05) is 36.4 Å². The fraction of sp³-hybridized carbons (Fsp3) is 0.259. The molecule has 2 atom stereocenters. The van der Waals surface area contributed by atoms with E-state index in [9.17, 15) is 23.5 Å². The van der Waals surface area contributed by atoms with Crippen molar-refractivity contribution < 1.29 is 28.2 Å². The summed E-state index contributed by atoms with van der Waals surface area (Å²) in [5, 5.41) is 16.0. The second-order valence-electron chi connectivity index (χ2n) is 8.61. The number of benzene rings is 3. The Morgan fingerprint density at radius 2 is 1.83 bits per heavy atom. The summed E-state index contributed by atoms with van der Waals surface area (Å²) in [6, 6.07) is 17.6. The fourth-order valence-electron chi connectivity index (χ4n) is 3.96. The van der Waals surface area contributed by atoms with Crippen LogP contribution in [0.1, 0.15) is 24.2 Å². The van der Waals surface area contributed by atoms with Crippen LogP contribution in [-0.4, -0.2) is 42.8 Å². The van der Waals surface area contributed by atoms with E-state index in [2.05, 4.69) is 10.6 Å². The largest absolute Gasteiger partial charge is 0.442 e. The third kappa shape index (κ3) is 6.24. The van der Waals surface area contributed by atoms with Crippen LogP contribution in [0.3, 0.4) is 0 Å². The van der Waals surface area contributed by atoms with Crippen LogP contribution in [0.4, 0.5) is 19.3 Å². The predicted molar refractivity (Wildman–Crippen MR) is 131 cm³/mol. The van der Waals surface area contributed by atoms with Crippen molar-refractivity contribution in [2.45, 2.75) is 25.7 Å². The van der Waals surface area contributed by atoms with Gasteiger partial charge >= 0.3 is 6.09 Å². The van der Waals surface area contributed by atoms with Gasteiger partial charge in [0.2, 0.25) is 5.91 Å². The van der Waals surface area contributed by atoms with E-state index < -0.39 is 24.1 Å². The average Bonchev–Trinajstić information content (AvgIpc) is 3.24. The highest BCUT2D eigenvalue weighted by atomic mass is 19.1. The summed E-state index contributed by atoms with van der Waals surface area (Å²) in [6.45, 7) is 2.59. The van der Waals surface area contributed by atoms with E-state index in [4.69, 9.17) is 4.74 Å². The fourth-order valence-corrected chi connectivity index (χ4v) is 3.96. The molecule has 7 nitrogen and oxygen atoms in total. The Kier molecular flexibility index (Phi) is 7.92. The van der Waals surface area contributed by atoms with E-state index in [1.165, 1.54) is 30.0 Å². The first-order chi connectivity index (χ1) is 17.3. The van der Waals surface area contributed by atoms with Gasteiger partial charge in [-0.15, -0.1) is 0 Å². The molecule has 3 N–H and O–H groups in total. The van der Waals surface area contributed by atoms with Crippen LogP contribution >= 0.6 is 0 Å². The van der Waals surface area contributed by atoms with Crippen LogP contribution in [0.5, 0.6) is 0 Å². The normalized spacial score (nSPS) is 16.1. The molecule has 9 heteroatoms. The molecule has 0 spiro atoms. The third-order valence-corrected chi connectivity index (χ3v) is 5.90. The van der Waals surface area contributed by atoms with Gasteiger partial charge < -0.3 is 20.5 Å². The van der Waals surface area contributed by atoms with Gasteiger partial charge in [-0.2, -0.15) is 0 Å². The maximum absolute atomic E-state index is 14.9. The van der Waals surface area contributed by atoms with Gasteiger partial charge in [0.05, 0.1) is 24.9 Å². The highest BCUT2D eigenvalue weighted by Crippen LogP contribution is 2.29. The van der Waals surface area contributed by atoms with Gasteiger partial charge in [-0.05, 0) is 47.0 Å². The Balaban J connectivity index is 1.34. The first-order valence-corrected chi connectivity index (χ1v) is 11.6. The molecule has 1 fully saturated rings. The number of nitrogens with zero attached hydrogens (tertiary/aromatic N) is 1. The highest BCUT2D eigenvalue weighted by Gasteiger charge is 2.32. The zero-order valence-electron chi connectivity index (χ0n) is 19.7. The highest BCUT2D eigenvalue weighted by molar-refractivity contribution is 5.90. The molecule has 188 valence electrons. The van der Waals surface area contributed by atoms with Crippen molar-refractivity contribution in [1.82, 2.24) is 10.6 Å². The zero-order valence-corrected chi connectivity index (χ0v) is 19.7. The van der Waals surface area contributed by atoms with E-state index >= 15 is 0 Å². The molecule has 2 amide bonds. The summed E-state index contributed by atoms with van der Waals surface area (Å²) in [5.74, 6) is -1.04. The van der Waals surface area contributed by atoms with Crippen LogP contribution in [0.25, 0.3) is 11.1 Å². The van der Waals surface area contributed by atoms with Crippen molar-refractivity contribution in [3.63, 3.8) is 0 Å². The lowest BCUT2D eigenvalue weighted by molar-refractivity contribution is -0.119. The molecule has 0 radical (unpaired) electrons. The minimum atomic E-state index is -0.758. The van der Waals surface area contributed by atoms with Crippen molar-refractivity contribution in [2.75, 3.05) is 24.5 Å². The molecule has 1 aliphatic heterocycles. The summed E-state index contributed by atoms with van der Waals surface area (Å²) in [5.41, 5.74) is 3.04. The summed E-state index contributed by atoms with van der Waals surface area (Å²) in [6.07, 6.45) is -1.84. The zero-order chi connectivity index (χ0) is 25.7. The van der Waals surface area contributed by atoms with Gasteiger partial charge in [0, 0.05) is 25.6 Å². The number of rotatable bonds is 9. The van der Waals surface area contributed by atoms with Crippen molar-refractivity contribution in [1.29, 1.82) is 0 Å². The van der Waals surface area contributed by atoms with Crippen LogP contribution in [0.15, 0.2) is 66.7 Å². The molecule has 1 heterocycles. The van der Waals surface area contributed by atoms with Crippen LogP contribution in [-0.2, 0) is 16.1 Å². The van der Waals surface area contributed by atoms with Gasteiger partial charge in [0.1, 0.15) is 17.7 Å². The SMILES string of the molecule is CC(=O)NC[C@H]1CN(c2ccc(-c3ccc(CNCC(O)c4ccc(F)cc4)cc3)c(F)c2)C(=O)O1. The number of cyclic esters (lactones) is 1. The van der Waals surface area contributed by atoms with Crippen LogP contribution in [0.2, 0.25) is 0 Å². The topological polar surface area (TPSA) is 90.9 Å². The number of amides is 2. The molecule has 3 aromatic rings. The van der Waals surface area contributed by atoms with E-state index in [0.717, 1.165) is 5.56 Å². The molecule has 3 aromatic carbocycles. The van der Waals surface area contributed by atoms with E-state index in [1.807, 2.05) is 12.1 Å². The minimum Gasteiger partial charge on any atom is -0.442 e. The second-order valence-corrected chi connectivity index (χ2v) is 8.61. The standard InChI is InChI=1S/C27H27F2N3O4/c1-17(33)31-14-23-16-32(27(35)36-23)22-10-11-24(25(29)12-22)19-4-2-18(3-5-19)13-30-15-26(34)20-6-8-21(28)9-7-20/h2-12,23,26,30,34H,13-16H2,1H3,(H,31,33)/t23-,26?/m0/s1. The molecule has 0 aromatic heterocycles. The lowest BCUT2D eigenvalue weighted by Crippen LogP contribution is -2.33. The number of aliphatic hydroxyl groups is 1. The molecule has 1 aliphatic rings. The van der Waals surface area contributed by atoms with E-state index in [1.54, 1.807) is 36.4 Å². The van der Waals surface area contributed by atoms with Gasteiger partial charge in [-0.3, -0.25) is 9.69 Å². The summed E-state index contributed by atoms with van der Waals surface area (Å²) in [7, 11) is 0. The first-order valence-electron chi connectivity index (χ1n) is 11.6. The van der Waals surface area contributed by atoms with Crippen molar-refractivity contribution in [3.8, 4) is 11.1 Å². The lowest BCUT2D eigenvalue weighted by atomic mass is 10.0. The van der Waals surface area contributed by atoms with Gasteiger partial charge in [-0.25, -0.2) is 13.6 Å². The number of hydrogen-bond donors (Lipinski definition) is 3. The molecule has 1 saturated heterocycles. The maximum Gasteiger partial charge on any atom is 0.414 e. The van der Waals surface area contributed by atoms with Crippen LogP contribution in [0, 0.1) is 11.6 Å². The smallest absolute Gasteiger partial charge is 0.414 e. The third-order valence-electron chi connectivity index (χ3n) is 5.90. The first kappa shape index (κ1) is 25.3. The molecule has 36 heavy (non-hydrogen) atoms. The summed E-state index contributed by atoms with van der Waals surface area (Å²) in [4.78, 5) is 24.6. The predicted octanol–water partition coefficient (Wildman–Crippen LogP) is 3.92. The summed E-state index contributed by atoms with van der Waals surface area (Å²) < 4.78 is 33.2. The number of hydrogen-bond acceptors (Lipinski definition) is 5. The number of anilines is 1. The molecule has 0 aliphatic carbocycles. The average molecular weight is 496 g/mol. The summed E-state index contributed by atoms with van der Waals surface area (Å²) >= 11 is 0. The Morgan fingerprint density at radius 3 is 2.50 bits per heavy atom. The maximum atomic E-state index is 14.9. The van der Waals surface area contributed by atoms with Crippen LogP contribution < -0.4 is 15.5 Å². The van der Waals surface area contributed by atoms with Gasteiger partial charge in [0.15, 0.2) is 0 Å². The number of ether oxygens (including phenoxy) is 1. The Bertz CT molecular complexity index is 1220. The van der Waals surface area contributed by atoms with E-state index in [-0.39, 0.29) is 24.8 Å². The number of carbonyl (C=O) groups is 2. The van der Waals surface area contributed by atoms with Crippen molar-refractivity contribution in [2.24, 2.45) is 0 Å². The monoisotopic (exact) mass is 495 g/mol. The van der Waals surface area contributed by atoms with Gasteiger partial charge in [0.25, 0.3) is 0 Å². The van der Waals surface area contributed by atoms with Crippen molar-refractivity contribution in [3.05, 3.63) is 89.5 Å².